The molecule has 6 heteroatoms. The molecule has 1 aliphatic rings. The summed E-state index contributed by atoms with van der Waals surface area (Å²) >= 11 is 1.90. The summed E-state index contributed by atoms with van der Waals surface area (Å²) in [6.45, 7) is 3.94. The van der Waals surface area contributed by atoms with Crippen molar-refractivity contribution in [2.24, 2.45) is 0 Å². The molecule has 1 unspecified atom stereocenters. The lowest BCUT2D eigenvalue weighted by Gasteiger charge is -2.11. The average molecular weight is 310 g/mol. The summed E-state index contributed by atoms with van der Waals surface area (Å²) in [6, 6.07) is 3.51. The number of thioether (sulfide) groups is 1. The Morgan fingerprint density at radius 2 is 2.43 bits per heavy atom. The molecule has 0 aromatic carbocycles. The van der Waals surface area contributed by atoms with Crippen LogP contribution in [-0.2, 0) is 4.74 Å². The summed E-state index contributed by atoms with van der Waals surface area (Å²) in [5.41, 5.74) is 0.555. The lowest BCUT2D eigenvalue weighted by Crippen LogP contribution is -2.25. The number of carbonyl (C=O) groups is 1. The molecule has 1 aromatic heterocycles. The van der Waals surface area contributed by atoms with Gasteiger partial charge in [-0.15, -0.1) is 0 Å². The SMILES string of the molecule is CCOCCCNC(=O)c1ccc(OC2CCSC2)nc1. The lowest BCUT2D eigenvalue weighted by atomic mass is 10.2. The Balaban J connectivity index is 1.74. The van der Waals surface area contributed by atoms with Crippen LogP contribution in [0.15, 0.2) is 18.3 Å². The van der Waals surface area contributed by atoms with Crippen LogP contribution < -0.4 is 10.1 Å². The van der Waals surface area contributed by atoms with Crippen molar-refractivity contribution in [2.75, 3.05) is 31.3 Å². The maximum Gasteiger partial charge on any atom is 0.252 e. The second-order valence-corrected chi connectivity index (χ2v) is 5.94. The van der Waals surface area contributed by atoms with E-state index in [9.17, 15) is 4.79 Å². The summed E-state index contributed by atoms with van der Waals surface area (Å²) < 4.78 is 11.0. The van der Waals surface area contributed by atoms with Gasteiger partial charge in [-0.05, 0) is 31.6 Å². The van der Waals surface area contributed by atoms with E-state index in [0.717, 1.165) is 24.3 Å². The summed E-state index contributed by atoms with van der Waals surface area (Å²) in [5, 5.41) is 2.85. The third-order valence-corrected chi connectivity index (χ3v) is 4.26. The van der Waals surface area contributed by atoms with Gasteiger partial charge in [-0.2, -0.15) is 11.8 Å². The van der Waals surface area contributed by atoms with Gasteiger partial charge >= 0.3 is 0 Å². The quantitative estimate of drug-likeness (QED) is 0.745. The second kappa shape index (κ2) is 8.89. The van der Waals surface area contributed by atoms with E-state index in [1.54, 1.807) is 18.3 Å². The summed E-state index contributed by atoms with van der Waals surface area (Å²) in [5.74, 6) is 2.65. The zero-order valence-corrected chi connectivity index (χ0v) is 13.2. The number of nitrogens with zero attached hydrogens (tertiary/aromatic N) is 1. The Morgan fingerprint density at radius 3 is 3.10 bits per heavy atom. The van der Waals surface area contributed by atoms with E-state index in [2.05, 4.69) is 10.3 Å². The molecule has 5 nitrogen and oxygen atoms in total. The van der Waals surface area contributed by atoms with Crippen LogP contribution in [0.3, 0.4) is 0 Å². The molecule has 2 rings (SSSR count). The molecule has 0 bridgehead atoms. The van der Waals surface area contributed by atoms with Gasteiger partial charge in [-0.3, -0.25) is 4.79 Å². The molecular weight excluding hydrogens is 288 g/mol. The van der Waals surface area contributed by atoms with Crippen molar-refractivity contribution in [1.29, 1.82) is 0 Å². The van der Waals surface area contributed by atoms with Crippen LogP contribution in [0.4, 0.5) is 0 Å². The number of nitrogens with one attached hydrogen (secondary N) is 1. The van der Waals surface area contributed by atoms with Crippen LogP contribution in [0, 0.1) is 0 Å². The van der Waals surface area contributed by atoms with Crippen LogP contribution in [0.2, 0.25) is 0 Å². The number of pyridine rings is 1. The molecule has 1 atom stereocenters. The Kier molecular flexibility index (Phi) is 6.82. The van der Waals surface area contributed by atoms with Gasteiger partial charge in [0.2, 0.25) is 5.88 Å². The normalized spacial score (nSPS) is 17.7. The Hall–Kier alpha value is -1.27. The highest BCUT2D eigenvalue weighted by Gasteiger charge is 2.17. The van der Waals surface area contributed by atoms with Crippen molar-refractivity contribution in [3.8, 4) is 5.88 Å². The fraction of sp³-hybridized carbons (Fsp3) is 0.600. The van der Waals surface area contributed by atoms with Gasteiger partial charge in [0.25, 0.3) is 5.91 Å². The number of rotatable bonds is 8. The van der Waals surface area contributed by atoms with E-state index >= 15 is 0 Å². The molecule has 1 aliphatic heterocycles. The first-order valence-electron chi connectivity index (χ1n) is 7.36. The molecular formula is C15H22N2O3S. The molecule has 2 heterocycles. The van der Waals surface area contributed by atoms with Gasteiger partial charge in [0.05, 0.1) is 5.56 Å². The monoisotopic (exact) mass is 310 g/mol. The molecule has 1 saturated heterocycles. The summed E-state index contributed by atoms with van der Waals surface area (Å²) in [6.07, 6.45) is 3.69. The first kappa shape index (κ1) is 16.1. The van der Waals surface area contributed by atoms with Gasteiger partial charge in [0.15, 0.2) is 0 Å². The Morgan fingerprint density at radius 1 is 1.52 bits per heavy atom. The zero-order valence-electron chi connectivity index (χ0n) is 12.3. The minimum atomic E-state index is -0.109. The zero-order chi connectivity index (χ0) is 14.9. The molecule has 0 saturated carbocycles. The van der Waals surface area contributed by atoms with Gasteiger partial charge in [0.1, 0.15) is 6.10 Å². The molecule has 1 aromatic rings. The topological polar surface area (TPSA) is 60.5 Å². The molecule has 1 fully saturated rings. The van der Waals surface area contributed by atoms with Crippen LogP contribution in [0.1, 0.15) is 30.1 Å². The van der Waals surface area contributed by atoms with E-state index in [-0.39, 0.29) is 12.0 Å². The third-order valence-electron chi connectivity index (χ3n) is 3.13. The van der Waals surface area contributed by atoms with Crippen molar-refractivity contribution in [1.82, 2.24) is 10.3 Å². The van der Waals surface area contributed by atoms with Crippen molar-refractivity contribution >= 4 is 17.7 Å². The van der Waals surface area contributed by atoms with Crippen LogP contribution in [-0.4, -0.2) is 48.3 Å². The fourth-order valence-electron chi connectivity index (χ4n) is 1.98. The van der Waals surface area contributed by atoms with E-state index in [1.165, 1.54) is 0 Å². The first-order valence-corrected chi connectivity index (χ1v) is 8.51. The van der Waals surface area contributed by atoms with Crippen LogP contribution in [0.5, 0.6) is 5.88 Å². The number of aromatic nitrogens is 1. The summed E-state index contributed by atoms with van der Waals surface area (Å²) in [4.78, 5) is 16.1. The standard InChI is InChI=1S/C15H22N2O3S/c1-2-19-8-3-7-16-15(18)12-4-5-14(17-10-12)20-13-6-9-21-11-13/h4-5,10,13H,2-3,6-9,11H2,1H3,(H,16,18). The van der Waals surface area contributed by atoms with Gasteiger partial charge in [-0.1, -0.05) is 0 Å². The van der Waals surface area contributed by atoms with Crippen LogP contribution in [0.25, 0.3) is 0 Å². The lowest BCUT2D eigenvalue weighted by molar-refractivity contribution is 0.0944. The average Bonchev–Trinajstić information content (AvgIpc) is 3.00. The van der Waals surface area contributed by atoms with Crippen molar-refractivity contribution in [3.05, 3.63) is 23.9 Å². The van der Waals surface area contributed by atoms with Crippen molar-refractivity contribution in [2.45, 2.75) is 25.9 Å². The van der Waals surface area contributed by atoms with Crippen molar-refractivity contribution in [3.63, 3.8) is 0 Å². The first-order chi connectivity index (χ1) is 10.3. The number of amides is 1. The van der Waals surface area contributed by atoms with Crippen molar-refractivity contribution < 1.29 is 14.3 Å². The molecule has 1 amide bonds. The third kappa shape index (κ3) is 5.55. The molecule has 21 heavy (non-hydrogen) atoms. The highest BCUT2D eigenvalue weighted by atomic mass is 32.2. The minimum Gasteiger partial charge on any atom is -0.473 e. The van der Waals surface area contributed by atoms with E-state index in [0.29, 0.717) is 31.2 Å². The molecule has 0 aliphatic carbocycles. The number of hydrogen-bond donors (Lipinski definition) is 1. The smallest absolute Gasteiger partial charge is 0.252 e. The maximum atomic E-state index is 11.9. The number of hydrogen-bond acceptors (Lipinski definition) is 5. The van der Waals surface area contributed by atoms with Gasteiger partial charge in [0, 0.05) is 37.8 Å². The fourth-order valence-corrected chi connectivity index (χ4v) is 3.08. The largest absolute Gasteiger partial charge is 0.473 e. The van der Waals surface area contributed by atoms with Crippen LogP contribution >= 0.6 is 11.8 Å². The predicted molar refractivity (Wildman–Crippen MR) is 84.0 cm³/mol. The van der Waals surface area contributed by atoms with E-state index in [1.807, 2.05) is 18.7 Å². The van der Waals surface area contributed by atoms with E-state index < -0.39 is 0 Å². The maximum absolute atomic E-state index is 11.9. The molecule has 1 N–H and O–H groups in total. The van der Waals surface area contributed by atoms with E-state index in [4.69, 9.17) is 9.47 Å². The molecule has 116 valence electrons. The number of carbonyl (C=O) groups excluding carboxylic acids is 1. The molecule has 0 radical (unpaired) electrons. The predicted octanol–water partition coefficient (Wildman–Crippen LogP) is 2.12. The van der Waals surface area contributed by atoms with Gasteiger partial charge < -0.3 is 14.8 Å². The second-order valence-electron chi connectivity index (χ2n) is 4.79. The summed E-state index contributed by atoms with van der Waals surface area (Å²) in [7, 11) is 0. The van der Waals surface area contributed by atoms with Gasteiger partial charge in [-0.25, -0.2) is 4.98 Å². The Labute approximate surface area is 129 Å². The minimum absolute atomic E-state index is 0.109. The highest BCUT2D eigenvalue weighted by molar-refractivity contribution is 7.99. The number of ether oxygens (including phenoxy) is 2. The highest BCUT2D eigenvalue weighted by Crippen LogP contribution is 2.21. The molecule has 0 spiro atoms. The Bertz CT molecular complexity index is 433.